The summed E-state index contributed by atoms with van der Waals surface area (Å²) in [4.78, 5) is 0.212. The predicted octanol–water partition coefficient (Wildman–Crippen LogP) is 4.14. The van der Waals surface area contributed by atoms with Crippen LogP contribution in [0.5, 0.6) is 0 Å². The largest absolute Gasteiger partial charge is 0.446 e. The van der Waals surface area contributed by atoms with Crippen LogP contribution < -0.4 is 5.32 Å². The second kappa shape index (κ2) is 6.52. The Kier molecular flexibility index (Phi) is 4.99. The van der Waals surface area contributed by atoms with Crippen LogP contribution in [0.1, 0.15) is 12.8 Å². The van der Waals surface area contributed by atoms with Crippen LogP contribution in [0.25, 0.3) is 0 Å². The first-order chi connectivity index (χ1) is 9.03. The minimum Gasteiger partial charge on any atom is -0.385 e. The summed E-state index contributed by atoms with van der Waals surface area (Å²) < 4.78 is 41.8. The quantitative estimate of drug-likeness (QED) is 0.843. The van der Waals surface area contributed by atoms with E-state index in [-0.39, 0.29) is 16.7 Å². The Bertz CT molecular complexity index is 388. The first-order valence-corrected chi connectivity index (χ1v) is 7.02. The van der Waals surface area contributed by atoms with Gasteiger partial charge in [-0.25, -0.2) is 0 Å². The molecule has 0 aliphatic carbocycles. The highest BCUT2D eigenvalue weighted by Gasteiger charge is 2.28. The van der Waals surface area contributed by atoms with Crippen molar-refractivity contribution < 1.29 is 17.9 Å². The van der Waals surface area contributed by atoms with Crippen molar-refractivity contribution in [3.05, 3.63) is 24.3 Å². The van der Waals surface area contributed by atoms with Crippen LogP contribution in [0.4, 0.5) is 18.9 Å². The molecular formula is C13H16F3NOS. The van der Waals surface area contributed by atoms with E-state index in [9.17, 15) is 13.2 Å². The lowest BCUT2D eigenvalue weighted by atomic mass is 10.0. The zero-order chi connectivity index (χ0) is 13.7. The van der Waals surface area contributed by atoms with Gasteiger partial charge in [-0.05, 0) is 54.8 Å². The lowest BCUT2D eigenvalue weighted by Gasteiger charge is -2.22. The fraction of sp³-hybridized carbons (Fsp3) is 0.538. The number of nitrogens with one attached hydrogen (secondary N) is 1. The molecule has 1 aliphatic heterocycles. The third-order valence-electron chi connectivity index (χ3n) is 3.02. The molecule has 1 fully saturated rings. The summed E-state index contributed by atoms with van der Waals surface area (Å²) in [5, 5.41) is 3.26. The van der Waals surface area contributed by atoms with Gasteiger partial charge in [0.1, 0.15) is 0 Å². The minimum atomic E-state index is -4.23. The van der Waals surface area contributed by atoms with E-state index in [2.05, 4.69) is 5.32 Å². The predicted molar refractivity (Wildman–Crippen MR) is 70.4 cm³/mol. The number of anilines is 1. The molecule has 0 bridgehead atoms. The van der Waals surface area contributed by atoms with Gasteiger partial charge in [0, 0.05) is 30.3 Å². The topological polar surface area (TPSA) is 21.3 Å². The van der Waals surface area contributed by atoms with Gasteiger partial charge in [0.15, 0.2) is 0 Å². The highest BCUT2D eigenvalue weighted by atomic mass is 32.2. The fourth-order valence-electron chi connectivity index (χ4n) is 1.99. The van der Waals surface area contributed by atoms with Crippen molar-refractivity contribution in [3.8, 4) is 0 Å². The highest BCUT2D eigenvalue weighted by Crippen LogP contribution is 2.37. The van der Waals surface area contributed by atoms with Gasteiger partial charge in [0.2, 0.25) is 0 Å². The van der Waals surface area contributed by atoms with Gasteiger partial charge < -0.3 is 10.1 Å². The fourth-order valence-corrected chi connectivity index (χ4v) is 2.53. The molecule has 0 radical (unpaired) electrons. The third-order valence-corrected chi connectivity index (χ3v) is 3.76. The van der Waals surface area contributed by atoms with E-state index >= 15 is 0 Å². The summed E-state index contributed by atoms with van der Waals surface area (Å²) in [6.45, 7) is 2.44. The van der Waals surface area contributed by atoms with Crippen molar-refractivity contribution in [1.82, 2.24) is 0 Å². The maximum absolute atomic E-state index is 12.2. The van der Waals surface area contributed by atoms with Crippen LogP contribution in [0.3, 0.4) is 0 Å². The van der Waals surface area contributed by atoms with E-state index in [1.807, 2.05) is 0 Å². The molecule has 6 heteroatoms. The molecule has 0 atom stereocenters. The second-order valence-corrected chi connectivity index (χ2v) is 5.65. The van der Waals surface area contributed by atoms with Crippen molar-refractivity contribution in [3.63, 3.8) is 0 Å². The average molecular weight is 291 g/mol. The van der Waals surface area contributed by atoms with E-state index < -0.39 is 5.51 Å². The summed E-state index contributed by atoms with van der Waals surface area (Å²) >= 11 is -0.0887. The monoisotopic (exact) mass is 291 g/mol. The zero-order valence-corrected chi connectivity index (χ0v) is 11.2. The molecule has 0 amide bonds. The molecule has 0 unspecified atom stereocenters. The van der Waals surface area contributed by atoms with Crippen LogP contribution in [0.2, 0.25) is 0 Å². The average Bonchev–Trinajstić information content (AvgIpc) is 2.37. The van der Waals surface area contributed by atoms with Gasteiger partial charge in [-0.15, -0.1) is 0 Å². The summed E-state index contributed by atoms with van der Waals surface area (Å²) in [6.07, 6.45) is 2.07. The van der Waals surface area contributed by atoms with Crippen LogP contribution >= 0.6 is 11.8 Å². The van der Waals surface area contributed by atoms with E-state index in [1.54, 1.807) is 12.1 Å². The van der Waals surface area contributed by atoms with Gasteiger partial charge in [-0.1, -0.05) is 0 Å². The molecule has 0 saturated carbocycles. The molecule has 2 nitrogen and oxygen atoms in total. The summed E-state index contributed by atoms with van der Waals surface area (Å²) in [7, 11) is 0. The minimum absolute atomic E-state index is 0.0887. The van der Waals surface area contributed by atoms with Gasteiger partial charge in [-0.2, -0.15) is 13.2 Å². The smallest absolute Gasteiger partial charge is 0.385 e. The van der Waals surface area contributed by atoms with Crippen molar-refractivity contribution >= 4 is 17.4 Å². The maximum atomic E-state index is 12.2. The summed E-state index contributed by atoms with van der Waals surface area (Å²) in [5.74, 6) is 0.581. The number of alkyl halides is 3. The molecule has 1 saturated heterocycles. The number of ether oxygens (including phenoxy) is 1. The molecule has 1 aliphatic rings. The van der Waals surface area contributed by atoms with E-state index in [1.165, 1.54) is 12.1 Å². The van der Waals surface area contributed by atoms with Crippen LogP contribution in [0, 0.1) is 5.92 Å². The highest BCUT2D eigenvalue weighted by molar-refractivity contribution is 8.00. The van der Waals surface area contributed by atoms with Gasteiger partial charge in [0.05, 0.1) is 0 Å². The van der Waals surface area contributed by atoms with Gasteiger partial charge in [-0.3, -0.25) is 0 Å². The van der Waals surface area contributed by atoms with Gasteiger partial charge in [0.25, 0.3) is 0 Å². The third kappa shape index (κ3) is 5.32. The van der Waals surface area contributed by atoms with E-state index in [0.717, 1.165) is 38.3 Å². The van der Waals surface area contributed by atoms with Crippen LogP contribution in [-0.2, 0) is 4.74 Å². The van der Waals surface area contributed by atoms with Crippen molar-refractivity contribution in [2.75, 3.05) is 25.1 Å². The molecule has 19 heavy (non-hydrogen) atoms. The van der Waals surface area contributed by atoms with Crippen molar-refractivity contribution in [1.29, 1.82) is 0 Å². The van der Waals surface area contributed by atoms with E-state index in [4.69, 9.17) is 4.74 Å². The number of hydrogen-bond acceptors (Lipinski definition) is 3. The maximum Gasteiger partial charge on any atom is 0.446 e. The Morgan fingerprint density at radius 2 is 1.79 bits per heavy atom. The zero-order valence-electron chi connectivity index (χ0n) is 10.4. The number of thioether (sulfide) groups is 1. The Morgan fingerprint density at radius 3 is 2.37 bits per heavy atom. The Hall–Kier alpha value is -0.880. The van der Waals surface area contributed by atoms with Crippen LogP contribution in [0.15, 0.2) is 29.2 Å². The normalized spacial score (nSPS) is 17.4. The first kappa shape index (κ1) is 14.5. The number of benzene rings is 1. The molecule has 0 aromatic heterocycles. The van der Waals surface area contributed by atoms with E-state index in [0.29, 0.717) is 5.92 Å². The Morgan fingerprint density at radius 1 is 1.16 bits per heavy atom. The summed E-state index contributed by atoms with van der Waals surface area (Å²) in [6, 6.07) is 6.36. The molecule has 2 rings (SSSR count). The van der Waals surface area contributed by atoms with Gasteiger partial charge >= 0.3 is 5.51 Å². The molecule has 1 aromatic carbocycles. The molecule has 1 heterocycles. The standard InChI is InChI=1S/C13H16F3NOS/c14-13(15,16)19-12-3-1-11(2-4-12)17-9-10-5-7-18-8-6-10/h1-4,10,17H,5-9H2. The molecule has 0 spiro atoms. The summed E-state index contributed by atoms with van der Waals surface area (Å²) in [5.41, 5.74) is -3.37. The molecule has 1 N–H and O–H groups in total. The second-order valence-electron chi connectivity index (χ2n) is 4.51. The molecular weight excluding hydrogens is 275 g/mol. The lowest BCUT2D eigenvalue weighted by molar-refractivity contribution is -0.0328. The van der Waals surface area contributed by atoms with Crippen molar-refractivity contribution in [2.24, 2.45) is 5.92 Å². The van der Waals surface area contributed by atoms with Crippen LogP contribution in [-0.4, -0.2) is 25.3 Å². The lowest BCUT2D eigenvalue weighted by Crippen LogP contribution is -2.22. The molecule has 1 aromatic rings. The number of rotatable bonds is 4. The molecule has 106 valence electrons. The Balaban J connectivity index is 1.81. The number of hydrogen-bond donors (Lipinski definition) is 1. The Labute approximate surface area is 114 Å². The number of halogens is 3. The first-order valence-electron chi connectivity index (χ1n) is 6.20. The van der Waals surface area contributed by atoms with Crippen molar-refractivity contribution in [2.45, 2.75) is 23.2 Å². The SMILES string of the molecule is FC(F)(F)Sc1ccc(NCC2CCOCC2)cc1.